The molecule has 0 atom stereocenters. The SMILES string of the molecule is CCc1cc2c(=O)n(CN3CCN(S(=O)(=O)c4ccccc4F)CC3)cnc2s1. The number of rotatable bonds is 5. The summed E-state index contributed by atoms with van der Waals surface area (Å²) in [6.45, 7) is 3.74. The summed E-state index contributed by atoms with van der Waals surface area (Å²) in [4.78, 5) is 20.7. The van der Waals surface area contributed by atoms with Crippen molar-refractivity contribution in [3.8, 4) is 0 Å². The van der Waals surface area contributed by atoms with Gasteiger partial charge in [0.05, 0.1) is 12.1 Å². The maximum absolute atomic E-state index is 13.9. The van der Waals surface area contributed by atoms with E-state index in [0.29, 0.717) is 25.1 Å². The Bertz CT molecular complexity index is 1200. The van der Waals surface area contributed by atoms with E-state index in [-0.39, 0.29) is 23.5 Å². The lowest BCUT2D eigenvalue weighted by Crippen LogP contribution is -2.49. The molecule has 0 spiro atoms. The molecule has 0 N–H and O–H groups in total. The minimum absolute atomic E-state index is 0.0904. The van der Waals surface area contributed by atoms with E-state index in [1.807, 2.05) is 17.9 Å². The van der Waals surface area contributed by atoms with Gasteiger partial charge in [-0.3, -0.25) is 14.3 Å². The first-order valence-electron chi connectivity index (χ1n) is 9.35. The molecule has 3 heterocycles. The van der Waals surface area contributed by atoms with Crippen molar-refractivity contribution in [2.24, 2.45) is 0 Å². The summed E-state index contributed by atoms with van der Waals surface area (Å²) in [5.41, 5.74) is -0.0904. The first-order chi connectivity index (χ1) is 13.9. The van der Waals surface area contributed by atoms with Crippen LogP contribution in [0.25, 0.3) is 10.2 Å². The van der Waals surface area contributed by atoms with Gasteiger partial charge in [0.2, 0.25) is 10.0 Å². The molecule has 0 unspecified atom stereocenters. The molecule has 0 aliphatic carbocycles. The van der Waals surface area contributed by atoms with Crippen molar-refractivity contribution in [3.63, 3.8) is 0 Å². The van der Waals surface area contributed by atoms with Gasteiger partial charge in [-0.25, -0.2) is 17.8 Å². The van der Waals surface area contributed by atoms with Crippen molar-refractivity contribution < 1.29 is 12.8 Å². The summed E-state index contributed by atoms with van der Waals surface area (Å²) >= 11 is 1.53. The predicted octanol–water partition coefficient (Wildman–Crippen LogP) is 2.12. The third-order valence-corrected chi connectivity index (χ3v) is 8.17. The van der Waals surface area contributed by atoms with Gasteiger partial charge in [0.1, 0.15) is 21.9 Å². The fraction of sp³-hybridized carbons (Fsp3) is 0.368. The molecule has 29 heavy (non-hydrogen) atoms. The molecule has 1 aromatic carbocycles. The van der Waals surface area contributed by atoms with Gasteiger partial charge in [-0.15, -0.1) is 11.3 Å². The van der Waals surface area contributed by atoms with Crippen LogP contribution in [-0.2, 0) is 23.1 Å². The van der Waals surface area contributed by atoms with Crippen molar-refractivity contribution in [1.29, 1.82) is 0 Å². The molecule has 7 nitrogen and oxygen atoms in total. The third kappa shape index (κ3) is 3.85. The number of benzene rings is 1. The zero-order valence-electron chi connectivity index (χ0n) is 15.9. The highest BCUT2D eigenvalue weighted by molar-refractivity contribution is 7.89. The standard InChI is InChI=1S/C19H21FN4O3S2/c1-2-14-11-15-18(28-14)21-12-23(19(15)25)13-22-7-9-24(10-8-22)29(26,27)17-6-4-3-5-16(17)20/h3-6,11-12H,2,7-10,13H2,1H3. The fourth-order valence-electron chi connectivity index (χ4n) is 3.40. The van der Waals surface area contributed by atoms with Gasteiger partial charge < -0.3 is 0 Å². The summed E-state index contributed by atoms with van der Waals surface area (Å²) in [5, 5.41) is 0.620. The van der Waals surface area contributed by atoms with Crippen molar-refractivity contribution >= 4 is 31.6 Å². The van der Waals surface area contributed by atoms with Crippen molar-refractivity contribution in [2.45, 2.75) is 24.9 Å². The number of sulfonamides is 1. The van der Waals surface area contributed by atoms with Crippen LogP contribution in [0.1, 0.15) is 11.8 Å². The second-order valence-corrected chi connectivity index (χ2v) is 9.92. The predicted molar refractivity (Wildman–Crippen MR) is 110 cm³/mol. The van der Waals surface area contributed by atoms with Crippen molar-refractivity contribution in [1.82, 2.24) is 18.8 Å². The normalized spacial score (nSPS) is 16.5. The molecule has 4 rings (SSSR count). The Balaban J connectivity index is 1.47. The van der Waals surface area contributed by atoms with Crippen LogP contribution in [0.5, 0.6) is 0 Å². The lowest BCUT2D eigenvalue weighted by Gasteiger charge is -2.34. The van der Waals surface area contributed by atoms with E-state index in [1.165, 1.54) is 33.8 Å². The zero-order chi connectivity index (χ0) is 20.6. The van der Waals surface area contributed by atoms with E-state index in [1.54, 1.807) is 10.9 Å². The minimum Gasteiger partial charge on any atom is -0.285 e. The molecular formula is C19H21FN4O3S2. The number of hydrogen-bond acceptors (Lipinski definition) is 6. The number of hydrogen-bond donors (Lipinski definition) is 0. The summed E-state index contributed by atoms with van der Waals surface area (Å²) < 4.78 is 42.2. The van der Waals surface area contributed by atoms with Gasteiger partial charge in [0.15, 0.2) is 0 Å². The largest absolute Gasteiger partial charge is 0.285 e. The lowest BCUT2D eigenvalue weighted by molar-refractivity contribution is 0.150. The number of piperazine rings is 1. The Morgan fingerprint density at radius 3 is 2.59 bits per heavy atom. The first kappa shape index (κ1) is 20.1. The third-order valence-electron chi connectivity index (χ3n) is 5.06. The van der Waals surface area contributed by atoms with Crippen LogP contribution in [0.15, 0.2) is 46.3 Å². The Kier molecular flexibility index (Phi) is 5.52. The molecule has 0 radical (unpaired) electrons. The number of halogens is 1. The molecular weight excluding hydrogens is 415 g/mol. The molecule has 1 aliphatic rings. The van der Waals surface area contributed by atoms with Crippen molar-refractivity contribution in [2.75, 3.05) is 26.2 Å². The second-order valence-electron chi connectivity index (χ2n) is 6.90. The quantitative estimate of drug-likeness (QED) is 0.613. The van der Waals surface area contributed by atoms with Crippen molar-refractivity contribution in [3.05, 3.63) is 57.7 Å². The molecule has 0 saturated carbocycles. The van der Waals surface area contributed by atoms with Crippen LogP contribution >= 0.6 is 11.3 Å². The number of aryl methyl sites for hydroxylation is 1. The second kappa shape index (κ2) is 7.94. The average molecular weight is 437 g/mol. The van der Waals surface area contributed by atoms with Crippen LogP contribution in [0.4, 0.5) is 4.39 Å². The molecule has 0 bridgehead atoms. The van der Waals surface area contributed by atoms with Gasteiger partial charge in [-0.05, 0) is 24.6 Å². The van der Waals surface area contributed by atoms with Gasteiger partial charge in [0.25, 0.3) is 5.56 Å². The topological polar surface area (TPSA) is 75.5 Å². The molecule has 1 fully saturated rings. The van der Waals surface area contributed by atoms with Crippen LogP contribution in [-0.4, -0.2) is 53.4 Å². The highest BCUT2D eigenvalue weighted by atomic mass is 32.2. The smallest absolute Gasteiger partial charge is 0.263 e. The maximum atomic E-state index is 13.9. The van der Waals surface area contributed by atoms with E-state index in [9.17, 15) is 17.6 Å². The van der Waals surface area contributed by atoms with E-state index in [4.69, 9.17) is 0 Å². The zero-order valence-corrected chi connectivity index (χ0v) is 17.5. The number of nitrogens with zero attached hydrogens (tertiary/aromatic N) is 4. The Hall–Kier alpha value is -2.14. The van der Waals surface area contributed by atoms with Crippen LogP contribution in [0.3, 0.4) is 0 Å². The Morgan fingerprint density at radius 1 is 1.17 bits per heavy atom. The molecule has 154 valence electrons. The number of fused-ring (bicyclic) bond motifs is 1. The van der Waals surface area contributed by atoms with E-state index in [2.05, 4.69) is 4.98 Å². The minimum atomic E-state index is -3.87. The summed E-state index contributed by atoms with van der Waals surface area (Å²) in [5.74, 6) is -0.747. The van der Waals surface area contributed by atoms with Crippen LogP contribution < -0.4 is 5.56 Å². The van der Waals surface area contributed by atoms with Crippen LogP contribution in [0, 0.1) is 5.82 Å². The molecule has 1 saturated heterocycles. The number of thiophene rings is 1. The number of aromatic nitrogens is 2. The summed E-state index contributed by atoms with van der Waals surface area (Å²) in [7, 11) is -3.87. The molecule has 0 amide bonds. The van der Waals surface area contributed by atoms with Gasteiger partial charge in [0, 0.05) is 31.1 Å². The lowest BCUT2D eigenvalue weighted by atomic mass is 10.3. The van der Waals surface area contributed by atoms with Gasteiger partial charge >= 0.3 is 0 Å². The Morgan fingerprint density at radius 2 is 1.90 bits per heavy atom. The summed E-state index contributed by atoms with van der Waals surface area (Å²) in [6.07, 6.45) is 2.40. The van der Waals surface area contributed by atoms with E-state index < -0.39 is 15.8 Å². The van der Waals surface area contributed by atoms with Gasteiger partial charge in [-0.1, -0.05) is 19.1 Å². The first-order valence-corrected chi connectivity index (χ1v) is 11.6. The Labute approximate surface area is 172 Å². The maximum Gasteiger partial charge on any atom is 0.263 e. The highest BCUT2D eigenvalue weighted by Gasteiger charge is 2.30. The average Bonchev–Trinajstić information content (AvgIpc) is 3.15. The summed E-state index contributed by atoms with van der Waals surface area (Å²) in [6, 6.07) is 7.29. The van der Waals surface area contributed by atoms with Crippen LogP contribution in [0.2, 0.25) is 0 Å². The fourth-order valence-corrected chi connectivity index (χ4v) is 5.82. The van der Waals surface area contributed by atoms with E-state index >= 15 is 0 Å². The molecule has 1 aliphatic heterocycles. The molecule has 3 aromatic rings. The molecule has 10 heteroatoms. The molecule has 2 aromatic heterocycles. The van der Waals surface area contributed by atoms with E-state index in [0.717, 1.165) is 22.2 Å². The highest BCUT2D eigenvalue weighted by Crippen LogP contribution is 2.22. The van der Waals surface area contributed by atoms with Gasteiger partial charge in [-0.2, -0.15) is 4.31 Å². The monoisotopic (exact) mass is 436 g/mol.